The number of imide groups is 1. The summed E-state index contributed by atoms with van der Waals surface area (Å²) >= 11 is 1.69. The van der Waals surface area contributed by atoms with Crippen molar-refractivity contribution < 1.29 is 58.5 Å². The molecule has 7 atom stereocenters. The maximum atomic E-state index is 13.6. The predicted molar refractivity (Wildman–Crippen MR) is 164 cm³/mol. The van der Waals surface area contributed by atoms with Crippen LogP contribution >= 0.6 is 11.8 Å². The first kappa shape index (κ1) is 38.9. The van der Waals surface area contributed by atoms with Gasteiger partial charge in [-0.3, -0.25) is 38.9 Å². The number of carboxylic acid groups (broad SMARTS) is 3. The number of hydrogen-bond donors (Lipinski definition) is 8. The van der Waals surface area contributed by atoms with Gasteiger partial charge in [-0.1, -0.05) is 20.3 Å². The zero-order valence-corrected chi connectivity index (χ0v) is 26.8. The molecule has 0 spiro atoms. The van der Waals surface area contributed by atoms with Crippen LogP contribution in [0.25, 0.3) is 0 Å². The van der Waals surface area contributed by atoms with Crippen LogP contribution < -0.4 is 27.0 Å². The summed E-state index contributed by atoms with van der Waals surface area (Å²) in [6.07, 6.45) is -1.18. The molecular weight excluding hydrogens is 644 g/mol. The van der Waals surface area contributed by atoms with Crippen molar-refractivity contribution in [3.05, 3.63) is 0 Å². The van der Waals surface area contributed by atoms with Gasteiger partial charge in [0.25, 0.3) is 0 Å². The minimum Gasteiger partial charge on any atom is -0.481 e. The SMILES string of the molecule is CC(C)[C@@H](C(=O)NC(=O)[C@H](CCC(=O)O)NC(=O)[C@@H](N)CC(=O)O)N(C(=O)CCCC[C@@H]1SC[C@@H]2NC(=O)N[C@@H]21)[C@H](C=O)CC(=O)O. The Hall–Kier alpha value is -4.26. The molecule has 2 aliphatic heterocycles. The number of thioether (sulfide) groups is 1. The average Bonchev–Trinajstić information content (AvgIpc) is 3.52. The lowest BCUT2D eigenvalue weighted by Crippen LogP contribution is -2.60. The highest BCUT2D eigenvalue weighted by molar-refractivity contribution is 8.00. The number of amides is 6. The summed E-state index contributed by atoms with van der Waals surface area (Å²) < 4.78 is 0. The molecule has 0 bridgehead atoms. The molecule has 6 amide bonds. The van der Waals surface area contributed by atoms with Crippen LogP contribution in [-0.4, -0.2) is 121 Å². The second kappa shape index (κ2) is 18.2. The number of nitrogens with one attached hydrogen (secondary N) is 4. The number of fused-ring (bicyclic) bond motifs is 1. The van der Waals surface area contributed by atoms with Gasteiger partial charge in [0, 0.05) is 23.8 Å². The summed E-state index contributed by atoms with van der Waals surface area (Å²) in [5.41, 5.74) is 5.53. The molecule has 0 aliphatic carbocycles. The highest BCUT2D eigenvalue weighted by Crippen LogP contribution is 2.33. The Morgan fingerprint density at radius 1 is 0.957 bits per heavy atom. The van der Waals surface area contributed by atoms with Crippen LogP contribution in [0.2, 0.25) is 0 Å². The van der Waals surface area contributed by atoms with Gasteiger partial charge in [0.15, 0.2) is 0 Å². The second-order valence-corrected chi connectivity index (χ2v) is 13.0. The van der Waals surface area contributed by atoms with Gasteiger partial charge in [-0.2, -0.15) is 11.8 Å². The van der Waals surface area contributed by atoms with Crippen molar-refractivity contribution in [3.63, 3.8) is 0 Å². The molecule has 9 N–H and O–H groups in total. The van der Waals surface area contributed by atoms with Crippen molar-refractivity contribution >= 4 is 65.6 Å². The lowest BCUT2D eigenvalue weighted by Gasteiger charge is -2.37. The highest BCUT2D eigenvalue weighted by Gasteiger charge is 2.43. The third-order valence-corrected chi connectivity index (χ3v) is 9.22. The minimum absolute atomic E-state index is 0.0190. The number of carboxylic acids is 3. The maximum absolute atomic E-state index is 13.6. The third kappa shape index (κ3) is 11.8. The van der Waals surface area contributed by atoms with E-state index in [2.05, 4.69) is 16.0 Å². The zero-order valence-electron chi connectivity index (χ0n) is 26.0. The predicted octanol–water partition coefficient (Wildman–Crippen LogP) is -1.60. The van der Waals surface area contributed by atoms with Crippen LogP contribution in [0, 0.1) is 5.92 Å². The summed E-state index contributed by atoms with van der Waals surface area (Å²) in [6, 6.07) is -6.60. The number of nitrogens with two attached hydrogens (primary N) is 1. The van der Waals surface area contributed by atoms with Gasteiger partial charge < -0.3 is 46.7 Å². The van der Waals surface area contributed by atoms with Crippen LogP contribution in [0.3, 0.4) is 0 Å². The van der Waals surface area contributed by atoms with Crippen LogP contribution in [0.4, 0.5) is 4.79 Å². The smallest absolute Gasteiger partial charge is 0.315 e. The summed E-state index contributed by atoms with van der Waals surface area (Å²) in [6.45, 7) is 3.01. The van der Waals surface area contributed by atoms with Gasteiger partial charge in [0.05, 0.1) is 37.0 Å². The van der Waals surface area contributed by atoms with Crippen molar-refractivity contribution in [2.45, 2.75) is 107 Å². The average molecular weight is 687 g/mol. The Kier molecular flexibility index (Phi) is 15.1. The first-order valence-corrected chi connectivity index (χ1v) is 16.1. The number of carbonyl (C=O) groups excluding carboxylic acids is 6. The topological polar surface area (TPSA) is 292 Å². The highest BCUT2D eigenvalue weighted by atomic mass is 32.2. The first-order chi connectivity index (χ1) is 22.0. The molecule has 18 nitrogen and oxygen atoms in total. The van der Waals surface area contributed by atoms with Crippen LogP contribution in [0.1, 0.15) is 65.2 Å². The molecule has 0 radical (unpaired) electrons. The zero-order chi connectivity index (χ0) is 35.4. The number of rotatable bonds is 20. The molecule has 0 unspecified atom stereocenters. The van der Waals surface area contributed by atoms with E-state index in [-0.39, 0.29) is 36.1 Å². The number of nitrogens with zero attached hydrogens (tertiary/aromatic N) is 1. The van der Waals surface area contributed by atoms with E-state index in [9.17, 15) is 48.3 Å². The minimum atomic E-state index is -1.65. The summed E-state index contributed by atoms with van der Waals surface area (Å²) in [4.78, 5) is 111. The van der Waals surface area contributed by atoms with Crippen molar-refractivity contribution in [1.29, 1.82) is 0 Å². The molecule has 2 aliphatic rings. The van der Waals surface area contributed by atoms with Gasteiger partial charge in [0.1, 0.15) is 18.4 Å². The maximum Gasteiger partial charge on any atom is 0.315 e. The normalized spacial score (nSPS) is 20.9. The number of unbranched alkanes of at least 4 members (excludes halogenated alkanes) is 1. The van der Waals surface area contributed by atoms with Gasteiger partial charge in [-0.25, -0.2) is 4.79 Å². The molecule has 2 heterocycles. The Bertz CT molecular complexity index is 1230. The van der Waals surface area contributed by atoms with E-state index in [1.807, 2.05) is 5.32 Å². The molecule has 2 rings (SSSR count). The largest absolute Gasteiger partial charge is 0.481 e. The van der Waals surface area contributed by atoms with Crippen LogP contribution in [0.5, 0.6) is 0 Å². The van der Waals surface area contributed by atoms with E-state index in [0.29, 0.717) is 19.3 Å². The Morgan fingerprint density at radius 3 is 2.19 bits per heavy atom. The molecule has 2 saturated heterocycles. The Labute approximate surface area is 274 Å². The fourth-order valence-corrected chi connectivity index (χ4v) is 7.00. The number of aldehydes is 1. The molecule has 0 aromatic carbocycles. The van der Waals surface area contributed by atoms with Crippen molar-refractivity contribution in [1.82, 2.24) is 26.2 Å². The molecule has 0 aromatic rings. The fraction of sp³-hybridized carbons (Fsp3) is 0.679. The van der Waals surface area contributed by atoms with Gasteiger partial charge in [-0.15, -0.1) is 0 Å². The quantitative estimate of drug-likeness (QED) is 0.0407. The molecule has 19 heteroatoms. The van der Waals surface area contributed by atoms with E-state index in [0.717, 1.165) is 10.7 Å². The molecule has 0 saturated carbocycles. The van der Waals surface area contributed by atoms with Gasteiger partial charge in [-0.05, 0) is 25.2 Å². The van der Waals surface area contributed by atoms with Crippen LogP contribution in [0.15, 0.2) is 0 Å². The summed E-state index contributed by atoms with van der Waals surface area (Å²) in [7, 11) is 0. The van der Waals surface area contributed by atoms with Crippen molar-refractivity contribution in [2.75, 3.05) is 5.75 Å². The van der Waals surface area contributed by atoms with Crippen molar-refractivity contribution in [2.24, 2.45) is 11.7 Å². The Balaban J connectivity index is 2.20. The fourth-order valence-electron chi connectivity index (χ4n) is 5.46. The molecule has 0 aromatic heterocycles. The van der Waals surface area contributed by atoms with Crippen molar-refractivity contribution in [3.8, 4) is 0 Å². The standard InChI is InChI=1S/C28H42N6O12S/c1-13(2)24(27(45)33-26(44)16(7-8-20(37)38)30-25(43)15(29)10-22(41)42)34(14(11-35)9-21(39)40)19(36)6-4-3-5-18-23-17(12-47-18)31-28(46)32-23/h11,13-18,23-24H,3-10,12,29H2,1-2H3,(H,30,43)(H,37,38)(H,39,40)(H,41,42)(H2,31,32,46)(H,33,44,45)/t14-,15-,16-,17-,18-,23-,24-/m0/s1. The first-order valence-electron chi connectivity index (χ1n) is 15.1. The molecular formula is C28H42N6O12S. The molecule has 262 valence electrons. The molecule has 2 fully saturated rings. The van der Waals surface area contributed by atoms with Gasteiger partial charge >= 0.3 is 23.9 Å². The number of urea groups is 1. The lowest BCUT2D eigenvalue weighted by molar-refractivity contribution is -0.151. The second-order valence-electron chi connectivity index (χ2n) is 11.7. The molecule has 47 heavy (non-hydrogen) atoms. The van der Waals surface area contributed by atoms with E-state index >= 15 is 0 Å². The monoisotopic (exact) mass is 686 g/mol. The van der Waals surface area contributed by atoms with Crippen LogP contribution in [-0.2, 0) is 38.4 Å². The number of carbonyl (C=O) groups is 9. The number of aliphatic carboxylic acids is 3. The van der Waals surface area contributed by atoms with E-state index in [1.54, 1.807) is 11.8 Å². The van der Waals surface area contributed by atoms with E-state index < -0.39 is 97.3 Å². The lowest BCUT2D eigenvalue weighted by atomic mass is 9.97. The van der Waals surface area contributed by atoms with E-state index in [1.165, 1.54) is 13.8 Å². The summed E-state index contributed by atoms with van der Waals surface area (Å²) in [5.74, 6) is -8.29. The third-order valence-electron chi connectivity index (χ3n) is 7.71. The van der Waals surface area contributed by atoms with Gasteiger partial charge in [0.2, 0.25) is 23.6 Å². The Morgan fingerprint density at radius 2 is 1.62 bits per heavy atom. The number of hydrogen-bond acceptors (Lipinski definition) is 11. The van der Waals surface area contributed by atoms with E-state index in [4.69, 9.17) is 15.9 Å². The summed E-state index contributed by atoms with van der Waals surface area (Å²) in [5, 5.41) is 37.4.